The summed E-state index contributed by atoms with van der Waals surface area (Å²) in [5.41, 5.74) is 2.15. The molecule has 0 spiro atoms. The molecule has 0 fully saturated rings. The smallest absolute Gasteiger partial charge is 0.236 e. The first-order valence-corrected chi connectivity index (χ1v) is 9.27. The fourth-order valence-electron chi connectivity index (χ4n) is 2.48. The van der Waals surface area contributed by atoms with Crippen molar-refractivity contribution < 1.29 is 0 Å². The van der Waals surface area contributed by atoms with Gasteiger partial charge >= 0.3 is 0 Å². The van der Waals surface area contributed by atoms with Crippen LogP contribution in [0.3, 0.4) is 0 Å². The molecular weight excluding hydrogens is 262 g/mol. The van der Waals surface area contributed by atoms with Gasteiger partial charge in [0.15, 0.2) is 0 Å². The molecule has 0 radical (unpaired) electrons. The molecule has 0 heterocycles. The molecule has 0 amide bonds. The summed E-state index contributed by atoms with van der Waals surface area (Å²) in [6, 6.07) is 21.3. The summed E-state index contributed by atoms with van der Waals surface area (Å²) < 4.78 is 2.37. The van der Waals surface area contributed by atoms with Crippen LogP contribution in [0.2, 0.25) is 0 Å². The van der Waals surface area contributed by atoms with Crippen molar-refractivity contribution >= 4 is 29.0 Å². The van der Waals surface area contributed by atoms with Gasteiger partial charge in [-0.2, -0.15) is 0 Å². The largest absolute Gasteiger partial charge is 0.428 e. The molecule has 2 aromatic rings. The van der Waals surface area contributed by atoms with E-state index in [0.29, 0.717) is 0 Å². The van der Waals surface area contributed by atoms with Gasteiger partial charge in [-0.25, -0.2) is 0 Å². The second-order valence-electron chi connectivity index (χ2n) is 4.50. The number of nitrogens with zero attached hydrogens (tertiary/aromatic N) is 1. The molecule has 0 unspecified atom stereocenters. The lowest BCUT2D eigenvalue weighted by atomic mass is 10.4. The lowest BCUT2D eigenvalue weighted by Gasteiger charge is -2.38. The Labute approximate surface area is 119 Å². The molecule has 0 aliphatic heterocycles. The van der Waals surface area contributed by atoms with Crippen LogP contribution in [0.1, 0.15) is 0 Å². The van der Waals surface area contributed by atoms with E-state index in [1.165, 1.54) is 10.4 Å². The second-order valence-corrected chi connectivity index (χ2v) is 10.2. The molecule has 0 aromatic heterocycles. The summed E-state index contributed by atoms with van der Waals surface area (Å²) in [6.07, 6.45) is 1.96. The first kappa shape index (κ1) is 13.6. The van der Waals surface area contributed by atoms with E-state index in [4.69, 9.17) is 0 Å². The van der Waals surface area contributed by atoms with E-state index in [9.17, 15) is 0 Å². The van der Waals surface area contributed by atoms with Crippen molar-refractivity contribution in [2.24, 2.45) is 0 Å². The first-order chi connectivity index (χ1) is 9.25. The van der Waals surface area contributed by atoms with Gasteiger partial charge in [0.25, 0.3) is 0 Å². The van der Waals surface area contributed by atoms with Gasteiger partial charge < -0.3 is 4.23 Å². The average molecular weight is 282 g/mol. The molecule has 0 saturated carbocycles. The van der Waals surface area contributed by atoms with E-state index in [1.54, 1.807) is 0 Å². The molecule has 0 saturated heterocycles. The van der Waals surface area contributed by atoms with Crippen molar-refractivity contribution in [2.75, 3.05) is 0 Å². The third kappa shape index (κ3) is 2.34. The Morgan fingerprint density at radius 3 is 1.58 bits per heavy atom. The minimum atomic E-state index is -2.08. The first-order valence-electron chi connectivity index (χ1n) is 6.36. The highest BCUT2D eigenvalue weighted by Gasteiger charge is 2.37. The molecule has 3 heteroatoms. The van der Waals surface area contributed by atoms with Crippen LogP contribution in [0.5, 0.6) is 0 Å². The van der Waals surface area contributed by atoms with Crippen LogP contribution < -0.4 is 10.4 Å². The minimum Gasteiger partial charge on any atom is -0.428 e. The van der Waals surface area contributed by atoms with Gasteiger partial charge in [0.05, 0.1) is 10.4 Å². The Morgan fingerprint density at radius 2 is 1.26 bits per heavy atom. The number of rotatable bonds is 5. The van der Waals surface area contributed by atoms with Crippen LogP contribution in [-0.4, -0.2) is 22.9 Å². The number of hydrogen-bond donors (Lipinski definition) is 0. The topological polar surface area (TPSA) is 3.24 Å². The van der Waals surface area contributed by atoms with E-state index in [0.717, 1.165) is 10.4 Å². The van der Waals surface area contributed by atoms with E-state index >= 15 is 0 Å². The molecule has 2 aromatic carbocycles. The van der Waals surface area contributed by atoms with Crippen LogP contribution in [0.4, 0.5) is 0 Å². The highest BCUT2D eigenvalue weighted by Crippen LogP contribution is 2.11. The predicted octanol–water partition coefficient (Wildman–Crippen LogP) is 1.20. The Hall–Kier alpha value is -1.85. The molecule has 19 heavy (non-hydrogen) atoms. The number of benzene rings is 2. The van der Waals surface area contributed by atoms with E-state index in [-0.39, 0.29) is 0 Å². The lowest BCUT2D eigenvalue weighted by molar-refractivity contribution is 0.934. The highest BCUT2D eigenvalue weighted by molar-refractivity contribution is 7.05. The third-order valence-electron chi connectivity index (χ3n) is 3.55. The Morgan fingerprint density at radius 1 is 0.842 bits per heavy atom. The molecule has 2 rings (SSSR count). The zero-order valence-electron chi connectivity index (χ0n) is 11.3. The summed E-state index contributed by atoms with van der Waals surface area (Å²) in [7, 11) is -1.15. The predicted molar refractivity (Wildman–Crippen MR) is 90.1 cm³/mol. The third-order valence-corrected chi connectivity index (χ3v) is 10.3. The van der Waals surface area contributed by atoms with Gasteiger partial charge in [-0.3, -0.25) is 0 Å². The van der Waals surface area contributed by atoms with E-state index in [2.05, 4.69) is 83.8 Å². The molecule has 0 aliphatic rings. The number of hydrogen-bond acceptors (Lipinski definition) is 1. The summed E-state index contributed by atoms with van der Waals surface area (Å²) in [6.45, 7) is 8.12. The van der Waals surface area contributed by atoms with Gasteiger partial charge in [-0.15, -0.1) is 6.58 Å². The van der Waals surface area contributed by atoms with Crippen LogP contribution >= 0.6 is 0 Å². The molecule has 1 nitrogen and oxygen atoms in total. The van der Waals surface area contributed by atoms with Crippen LogP contribution in [0, 0.1) is 0 Å². The minimum absolute atomic E-state index is 0.932. The fraction of sp³-hybridized carbons (Fsp3) is 0. The summed E-state index contributed by atoms with van der Waals surface area (Å²) >= 11 is 0. The summed E-state index contributed by atoms with van der Waals surface area (Å²) in [5.74, 6) is 0. The zero-order chi connectivity index (χ0) is 13.7. The second kappa shape index (κ2) is 5.86. The van der Waals surface area contributed by atoms with Gasteiger partial charge in [-0.1, -0.05) is 72.9 Å². The van der Waals surface area contributed by atoms with Crippen molar-refractivity contribution in [3.05, 3.63) is 85.7 Å². The normalized spacial score (nSPS) is 10.9. The zero-order valence-corrected chi connectivity index (χ0v) is 14.3. The standard InChI is InChI=1S/C16H19NSi2/c1-3-17(18)19(4-2,15-11-7-5-8-12-15)16-13-9-6-10-14-16/h3-14H,1-2H2,18H3. The maximum atomic E-state index is 4.15. The molecule has 0 N–H and O–H groups in total. The van der Waals surface area contributed by atoms with E-state index < -0.39 is 8.24 Å². The highest BCUT2D eigenvalue weighted by atomic mass is 28.4. The van der Waals surface area contributed by atoms with Crippen molar-refractivity contribution in [2.45, 2.75) is 0 Å². The molecule has 0 atom stereocenters. The maximum absolute atomic E-state index is 4.15. The van der Waals surface area contributed by atoms with Crippen molar-refractivity contribution in [1.29, 1.82) is 0 Å². The van der Waals surface area contributed by atoms with Crippen LogP contribution in [0.15, 0.2) is 85.7 Å². The van der Waals surface area contributed by atoms with Gasteiger partial charge in [0.2, 0.25) is 8.24 Å². The van der Waals surface area contributed by atoms with Crippen molar-refractivity contribution in [3.8, 4) is 0 Å². The van der Waals surface area contributed by atoms with Gasteiger partial charge in [0, 0.05) is 0 Å². The fourth-order valence-corrected chi connectivity index (χ4v) is 8.18. The Bertz CT molecular complexity index is 512. The quantitative estimate of drug-likeness (QED) is 0.745. The van der Waals surface area contributed by atoms with Gasteiger partial charge in [0.1, 0.15) is 0 Å². The average Bonchev–Trinajstić information content (AvgIpc) is 2.50. The molecule has 0 bridgehead atoms. The van der Waals surface area contributed by atoms with Crippen molar-refractivity contribution in [1.82, 2.24) is 4.23 Å². The Balaban J connectivity index is 2.69. The molecule has 0 aliphatic carbocycles. The molecule has 96 valence electrons. The van der Waals surface area contributed by atoms with Crippen molar-refractivity contribution in [3.63, 3.8) is 0 Å². The molecular formula is C16H19NSi2. The summed E-state index contributed by atoms with van der Waals surface area (Å²) in [5, 5.41) is 2.71. The van der Waals surface area contributed by atoms with E-state index in [1.807, 2.05) is 6.20 Å². The van der Waals surface area contributed by atoms with Crippen LogP contribution in [-0.2, 0) is 0 Å². The van der Waals surface area contributed by atoms with Gasteiger partial charge in [-0.05, 0) is 16.6 Å². The Kier molecular flexibility index (Phi) is 4.19. The SMILES string of the molecule is C=CN([SiH3])[Si](C=C)(c1ccccc1)c1ccccc1. The van der Waals surface area contributed by atoms with Crippen LogP contribution in [0.25, 0.3) is 0 Å². The summed E-state index contributed by atoms with van der Waals surface area (Å²) in [4.78, 5) is 0. The monoisotopic (exact) mass is 281 g/mol. The lowest BCUT2D eigenvalue weighted by Crippen LogP contribution is -2.66. The maximum Gasteiger partial charge on any atom is 0.236 e.